The second-order valence-electron chi connectivity index (χ2n) is 4.09. The Balaban J connectivity index is 0. The van der Waals surface area contributed by atoms with Crippen molar-refractivity contribution in [2.75, 3.05) is 21.1 Å². The van der Waals surface area contributed by atoms with Gasteiger partial charge in [0.05, 0.1) is 27.4 Å². The summed E-state index contributed by atoms with van der Waals surface area (Å²) < 4.78 is 0.688. The fourth-order valence-corrected chi connectivity index (χ4v) is 0.965. The van der Waals surface area contributed by atoms with Crippen LogP contribution in [0.15, 0.2) is 5.10 Å². The lowest BCUT2D eigenvalue weighted by atomic mass is 10.2. The maximum Gasteiger partial charge on any atom is 0.0923 e. The molecule has 2 nitrogen and oxygen atoms in total. The average molecular weight is 298 g/mol. The smallest absolute Gasteiger partial charge is 0.0923 e. The normalized spacial score (nSPS) is 11.7. The summed E-state index contributed by atoms with van der Waals surface area (Å²) in [5.74, 6) is 0. The van der Waals surface area contributed by atoms with E-state index in [9.17, 15) is 0 Å². The largest absolute Gasteiger partial charge is 1.00 e. The first-order valence-electron chi connectivity index (χ1n) is 4.92. The van der Waals surface area contributed by atoms with Crippen molar-refractivity contribution in [1.82, 2.24) is 0 Å². The molecule has 0 aliphatic carbocycles. The Morgan fingerprint density at radius 1 is 1.08 bits per heavy atom. The molecule has 0 unspecified atom stereocenters. The molecule has 13 heavy (non-hydrogen) atoms. The topological polar surface area (TPSA) is 12.4 Å². The van der Waals surface area contributed by atoms with E-state index in [1.165, 1.54) is 25.7 Å². The standard InChI is InChI=1S/C10H23N2.HI/c1-5-6-7-8-9-10-11-12(2,3)4;/h10H,5-9H2,1-4H3;1H/q+1;/p-1/b11-10+;. The molecule has 0 rings (SSSR count). The quantitative estimate of drug-likeness (QED) is 0.209. The fraction of sp³-hybridized carbons (Fsp3) is 0.900. The van der Waals surface area contributed by atoms with Gasteiger partial charge in [0.15, 0.2) is 0 Å². The number of quaternary nitrogens is 1. The summed E-state index contributed by atoms with van der Waals surface area (Å²) in [7, 11) is 6.22. The predicted molar refractivity (Wildman–Crippen MR) is 55.3 cm³/mol. The summed E-state index contributed by atoms with van der Waals surface area (Å²) in [4.78, 5) is 0. The number of unbranched alkanes of at least 4 members (excludes halogenated alkanes) is 4. The summed E-state index contributed by atoms with van der Waals surface area (Å²) in [6.07, 6.45) is 8.49. The van der Waals surface area contributed by atoms with Crippen molar-refractivity contribution in [3.63, 3.8) is 0 Å². The minimum Gasteiger partial charge on any atom is -1.00 e. The van der Waals surface area contributed by atoms with Gasteiger partial charge in [0.1, 0.15) is 0 Å². The van der Waals surface area contributed by atoms with Crippen LogP contribution in [-0.4, -0.2) is 31.9 Å². The monoisotopic (exact) mass is 298 g/mol. The molecule has 80 valence electrons. The molecule has 0 amide bonds. The van der Waals surface area contributed by atoms with Crippen LogP contribution in [-0.2, 0) is 0 Å². The third-order valence-electron chi connectivity index (χ3n) is 1.61. The van der Waals surface area contributed by atoms with Crippen molar-refractivity contribution in [2.45, 2.75) is 39.0 Å². The molecule has 0 radical (unpaired) electrons. The number of hydrogen-bond donors (Lipinski definition) is 0. The lowest BCUT2D eigenvalue weighted by molar-refractivity contribution is -0.876. The van der Waals surface area contributed by atoms with Crippen molar-refractivity contribution < 1.29 is 28.6 Å². The molecule has 0 fully saturated rings. The summed E-state index contributed by atoms with van der Waals surface area (Å²) in [5.41, 5.74) is 0. The Bertz CT molecular complexity index is 127. The molecule has 0 N–H and O–H groups in total. The molecule has 0 aromatic carbocycles. The van der Waals surface area contributed by atoms with Gasteiger partial charge < -0.3 is 24.0 Å². The van der Waals surface area contributed by atoms with Crippen LogP contribution < -0.4 is 24.0 Å². The molecular weight excluding hydrogens is 275 g/mol. The summed E-state index contributed by atoms with van der Waals surface area (Å²) >= 11 is 0. The average Bonchev–Trinajstić information content (AvgIpc) is 1.94. The molecule has 0 saturated heterocycles. The van der Waals surface area contributed by atoms with Crippen molar-refractivity contribution in [3.8, 4) is 0 Å². The first-order valence-corrected chi connectivity index (χ1v) is 4.92. The zero-order chi connectivity index (χ0) is 9.45. The highest BCUT2D eigenvalue weighted by atomic mass is 127. The Kier molecular flexibility index (Phi) is 10.9. The van der Waals surface area contributed by atoms with Gasteiger partial charge in [0, 0.05) is 0 Å². The third kappa shape index (κ3) is 15.1. The van der Waals surface area contributed by atoms with Gasteiger partial charge in [-0.1, -0.05) is 31.3 Å². The van der Waals surface area contributed by atoms with Crippen molar-refractivity contribution in [2.24, 2.45) is 5.10 Å². The summed E-state index contributed by atoms with van der Waals surface area (Å²) in [5, 5.41) is 4.37. The minimum atomic E-state index is 0. The second-order valence-corrected chi connectivity index (χ2v) is 4.09. The SMILES string of the molecule is CCCCCC/C=N/[N+](C)(C)C.[I-]. The van der Waals surface area contributed by atoms with Crippen LogP contribution in [0.25, 0.3) is 0 Å². The molecule has 0 aliphatic heterocycles. The second kappa shape index (κ2) is 8.94. The summed E-state index contributed by atoms with van der Waals surface area (Å²) in [6, 6.07) is 0. The maximum absolute atomic E-state index is 4.37. The zero-order valence-corrected chi connectivity index (χ0v) is 11.5. The van der Waals surface area contributed by atoms with E-state index in [-0.39, 0.29) is 24.0 Å². The third-order valence-corrected chi connectivity index (χ3v) is 1.61. The number of hydrogen-bond acceptors (Lipinski definition) is 1. The van der Waals surface area contributed by atoms with Gasteiger partial charge >= 0.3 is 0 Å². The first-order chi connectivity index (χ1) is 5.56. The Morgan fingerprint density at radius 3 is 2.15 bits per heavy atom. The number of halogens is 1. The van der Waals surface area contributed by atoms with Crippen molar-refractivity contribution in [1.29, 1.82) is 0 Å². The van der Waals surface area contributed by atoms with E-state index in [1.807, 2.05) is 0 Å². The van der Waals surface area contributed by atoms with Gasteiger partial charge in [-0.15, -0.1) is 0 Å². The van der Waals surface area contributed by atoms with Crippen molar-refractivity contribution in [3.05, 3.63) is 0 Å². The molecule has 0 aromatic rings. The molecule has 0 saturated carbocycles. The molecule has 0 heterocycles. The van der Waals surface area contributed by atoms with Crippen LogP contribution in [0.5, 0.6) is 0 Å². The molecule has 0 aliphatic rings. The first kappa shape index (κ1) is 15.8. The highest BCUT2D eigenvalue weighted by molar-refractivity contribution is 5.55. The van der Waals surface area contributed by atoms with E-state index >= 15 is 0 Å². The highest BCUT2D eigenvalue weighted by Gasteiger charge is 1.99. The van der Waals surface area contributed by atoms with E-state index in [2.05, 4.69) is 39.4 Å². The molecule has 0 atom stereocenters. The number of nitrogens with zero attached hydrogens (tertiary/aromatic N) is 2. The lowest BCUT2D eigenvalue weighted by Crippen LogP contribution is -3.00. The van der Waals surface area contributed by atoms with E-state index in [1.54, 1.807) is 0 Å². The Hall–Kier alpha value is 0.360. The van der Waals surface area contributed by atoms with Gasteiger partial charge in [-0.2, -0.15) is 0 Å². The molecule has 0 aromatic heterocycles. The lowest BCUT2D eigenvalue weighted by Gasteiger charge is -2.14. The van der Waals surface area contributed by atoms with Gasteiger partial charge in [0.25, 0.3) is 0 Å². The summed E-state index contributed by atoms with van der Waals surface area (Å²) in [6.45, 7) is 2.24. The van der Waals surface area contributed by atoms with E-state index in [0.717, 1.165) is 6.42 Å². The predicted octanol–water partition coefficient (Wildman–Crippen LogP) is -0.347. The van der Waals surface area contributed by atoms with Crippen LogP contribution >= 0.6 is 0 Å². The minimum absolute atomic E-state index is 0. The van der Waals surface area contributed by atoms with Gasteiger partial charge in [-0.3, -0.25) is 0 Å². The van der Waals surface area contributed by atoms with E-state index in [4.69, 9.17) is 0 Å². The fourth-order valence-electron chi connectivity index (χ4n) is 0.965. The molecule has 0 bridgehead atoms. The van der Waals surface area contributed by atoms with Crippen LogP contribution in [0.3, 0.4) is 0 Å². The Morgan fingerprint density at radius 2 is 1.69 bits per heavy atom. The van der Waals surface area contributed by atoms with Gasteiger partial charge in [-0.05, 0) is 12.8 Å². The molecule has 3 heteroatoms. The molecule has 0 spiro atoms. The molecular formula is C10H23IN2. The van der Waals surface area contributed by atoms with Crippen LogP contribution in [0.4, 0.5) is 0 Å². The Labute approximate surface area is 100 Å². The maximum atomic E-state index is 4.37. The van der Waals surface area contributed by atoms with E-state index in [0.29, 0.717) is 4.59 Å². The zero-order valence-electron chi connectivity index (χ0n) is 9.39. The van der Waals surface area contributed by atoms with Gasteiger partial charge in [0.2, 0.25) is 0 Å². The van der Waals surface area contributed by atoms with Crippen molar-refractivity contribution >= 4 is 6.21 Å². The van der Waals surface area contributed by atoms with E-state index < -0.39 is 0 Å². The highest BCUT2D eigenvalue weighted by Crippen LogP contribution is 2.01. The van der Waals surface area contributed by atoms with Crippen LogP contribution in [0, 0.1) is 0 Å². The van der Waals surface area contributed by atoms with Gasteiger partial charge in [-0.25, -0.2) is 4.59 Å². The van der Waals surface area contributed by atoms with Crippen LogP contribution in [0.2, 0.25) is 0 Å². The van der Waals surface area contributed by atoms with Crippen LogP contribution in [0.1, 0.15) is 39.0 Å². The number of rotatable bonds is 6.